The van der Waals surface area contributed by atoms with E-state index in [1.54, 1.807) is 0 Å². The van der Waals surface area contributed by atoms with Crippen molar-refractivity contribution in [1.82, 2.24) is 0 Å². The maximum absolute atomic E-state index is 13.9. The molecule has 2 N–H and O–H groups in total. The highest BCUT2D eigenvalue weighted by Gasteiger charge is 2.26. The summed E-state index contributed by atoms with van der Waals surface area (Å²) in [6, 6.07) is 5.21. The van der Waals surface area contributed by atoms with Crippen molar-refractivity contribution in [3.05, 3.63) is 41.4 Å². The van der Waals surface area contributed by atoms with Crippen molar-refractivity contribution in [3.63, 3.8) is 0 Å². The van der Waals surface area contributed by atoms with Crippen LogP contribution in [0.15, 0.2) is 30.0 Å². The molecule has 1 aromatic rings. The van der Waals surface area contributed by atoms with Crippen molar-refractivity contribution in [2.75, 3.05) is 5.32 Å². The van der Waals surface area contributed by atoms with Crippen LogP contribution in [0.1, 0.15) is 45.1 Å². The molecule has 0 bridgehead atoms. The van der Waals surface area contributed by atoms with Crippen molar-refractivity contribution in [2.24, 2.45) is 5.92 Å². The molecule has 1 saturated carbocycles. The van der Waals surface area contributed by atoms with Gasteiger partial charge in [0, 0.05) is 11.4 Å². The molecule has 1 aliphatic carbocycles. The molecule has 0 atom stereocenters. The Morgan fingerprint density at radius 3 is 2.75 bits per heavy atom. The van der Waals surface area contributed by atoms with Crippen molar-refractivity contribution >= 4 is 11.4 Å². The lowest BCUT2D eigenvalue weighted by atomic mass is 10.1. The molecule has 0 amide bonds. The summed E-state index contributed by atoms with van der Waals surface area (Å²) in [5.74, 6) is 0.243. The molecule has 0 radical (unpaired) electrons. The minimum atomic E-state index is -0.226. The maximum Gasteiger partial charge on any atom is 0.146 e. The summed E-state index contributed by atoms with van der Waals surface area (Å²) >= 11 is 0. The van der Waals surface area contributed by atoms with Crippen LogP contribution in [0.3, 0.4) is 0 Å². The Morgan fingerprint density at radius 2 is 2.15 bits per heavy atom. The van der Waals surface area contributed by atoms with Gasteiger partial charge in [0.15, 0.2) is 0 Å². The molecule has 0 saturated heterocycles. The highest BCUT2D eigenvalue weighted by Crippen LogP contribution is 2.37. The molecule has 2 nitrogen and oxygen atoms in total. The van der Waals surface area contributed by atoms with E-state index < -0.39 is 0 Å². The monoisotopic (exact) mass is 274 g/mol. The zero-order valence-electron chi connectivity index (χ0n) is 12.3. The average molecular weight is 274 g/mol. The predicted molar refractivity (Wildman–Crippen MR) is 82.8 cm³/mol. The van der Waals surface area contributed by atoms with Gasteiger partial charge in [-0.05, 0) is 55.4 Å². The molecule has 0 aliphatic heterocycles. The summed E-state index contributed by atoms with van der Waals surface area (Å²) in [4.78, 5) is 0. The molecule has 2 rings (SSSR count). The van der Waals surface area contributed by atoms with Gasteiger partial charge in [0.25, 0.3) is 0 Å². The van der Waals surface area contributed by atoms with Crippen LogP contribution in [0.5, 0.6) is 0 Å². The number of nitrogens with one attached hydrogen (secondary N) is 2. The van der Waals surface area contributed by atoms with Crippen LogP contribution < -0.4 is 5.32 Å². The molecule has 1 aromatic carbocycles. The summed E-state index contributed by atoms with van der Waals surface area (Å²) in [6.07, 6.45) is 6.78. The fourth-order valence-electron chi connectivity index (χ4n) is 2.22. The van der Waals surface area contributed by atoms with E-state index in [1.807, 2.05) is 18.2 Å². The number of benzene rings is 1. The van der Waals surface area contributed by atoms with E-state index in [0.29, 0.717) is 17.3 Å². The third kappa shape index (κ3) is 3.92. The summed E-state index contributed by atoms with van der Waals surface area (Å²) in [6.45, 7) is 4.13. The summed E-state index contributed by atoms with van der Waals surface area (Å²) in [7, 11) is 0. The van der Waals surface area contributed by atoms with E-state index >= 15 is 0 Å². The van der Waals surface area contributed by atoms with Crippen LogP contribution >= 0.6 is 0 Å². The van der Waals surface area contributed by atoms with Crippen LogP contribution in [0.2, 0.25) is 0 Å². The number of allylic oxidation sites excluding steroid dienone is 2. The zero-order valence-corrected chi connectivity index (χ0v) is 12.3. The number of rotatable bonds is 7. The first-order valence-electron chi connectivity index (χ1n) is 7.48. The summed E-state index contributed by atoms with van der Waals surface area (Å²) < 4.78 is 13.9. The fourth-order valence-corrected chi connectivity index (χ4v) is 2.22. The highest BCUT2D eigenvalue weighted by molar-refractivity contribution is 5.93. The number of halogens is 1. The van der Waals surface area contributed by atoms with Crippen molar-refractivity contribution in [2.45, 2.75) is 46.0 Å². The van der Waals surface area contributed by atoms with Crippen LogP contribution in [0, 0.1) is 17.1 Å². The third-order valence-electron chi connectivity index (χ3n) is 3.58. The molecule has 0 heterocycles. The topological polar surface area (TPSA) is 35.9 Å². The Labute approximate surface area is 120 Å². The van der Waals surface area contributed by atoms with Gasteiger partial charge in [0.1, 0.15) is 5.82 Å². The molecule has 20 heavy (non-hydrogen) atoms. The predicted octanol–water partition coefficient (Wildman–Crippen LogP) is 4.91. The molecule has 1 fully saturated rings. The first-order valence-corrected chi connectivity index (χ1v) is 7.48. The Bertz CT molecular complexity index is 516. The Kier molecular flexibility index (Phi) is 4.94. The Hall–Kier alpha value is -1.64. The van der Waals surface area contributed by atoms with Crippen molar-refractivity contribution < 1.29 is 4.39 Å². The molecule has 0 unspecified atom stereocenters. The second-order valence-electron chi connectivity index (χ2n) is 5.44. The second-order valence-corrected chi connectivity index (χ2v) is 5.44. The summed E-state index contributed by atoms with van der Waals surface area (Å²) in [5, 5.41) is 11.1. The van der Waals surface area contributed by atoms with E-state index in [4.69, 9.17) is 5.41 Å². The number of anilines is 1. The lowest BCUT2D eigenvalue weighted by Crippen LogP contribution is -2.07. The molecule has 0 aromatic heterocycles. The van der Waals surface area contributed by atoms with Gasteiger partial charge in [0.05, 0.1) is 5.69 Å². The first kappa shape index (κ1) is 14.8. The lowest BCUT2D eigenvalue weighted by molar-refractivity contribution is 0.630. The Balaban J connectivity index is 2.18. The minimum absolute atomic E-state index is 0.226. The van der Waals surface area contributed by atoms with E-state index in [0.717, 1.165) is 43.4 Å². The van der Waals surface area contributed by atoms with E-state index in [2.05, 4.69) is 19.2 Å². The number of hydrogen-bond donors (Lipinski definition) is 2. The third-order valence-corrected chi connectivity index (χ3v) is 3.58. The second kappa shape index (κ2) is 6.69. The van der Waals surface area contributed by atoms with Gasteiger partial charge in [-0.2, -0.15) is 0 Å². The van der Waals surface area contributed by atoms with Gasteiger partial charge < -0.3 is 10.7 Å². The molecule has 3 heteroatoms. The molecule has 0 spiro atoms. The maximum atomic E-state index is 13.9. The van der Waals surface area contributed by atoms with Crippen molar-refractivity contribution in [3.8, 4) is 0 Å². The van der Waals surface area contributed by atoms with Crippen LogP contribution in [-0.2, 0) is 6.42 Å². The van der Waals surface area contributed by atoms with Crippen LogP contribution in [0.25, 0.3) is 0 Å². The molecular formula is C17H23FN2. The minimum Gasteiger partial charge on any atom is -0.356 e. The highest BCUT2D eigenvalue weighted by atomic mass is 19.1. The van der Waals surface area contributed by atoms with Gasteiger partial charge in [-0.15, -0.1) is 0 Å². The largest absolute Gasteiger partial charge is 0.356 e. The number of hydrogen-bond acceptors (Lipinski definition) is 2. The van der Waals surface area contributed by atoms with E-state index in [9.17, 15) is 4.39 Å². The van der Waals surface area contributed by atoms with E-state index in [1.165, 1.54) is 6.07 Å². The van der Waals surface area contributed by atoms with E-state index in [-0.39, 0.29) is 5.82 Å². The summed E-state index contributed by atoms with van der Waals surface area (Å²) in [5.41, 5.74) is 3.27. The molecular weight excluding hydrogens is 251 g/mol. The lowest BCUT2D eigenvalue weighted by Gasteiger charge is -2.13. The van der Waals surface area contributed by atoms with Gasteiger partial charge in [0.2, 0.25) is 0 Å². The van der Waals surface area contributed by atoms with Gasteiger partial charge >= 0.3 is 0 Å². The SMILES string of the molecule is CCCC(=N)/C=C(\Nc1cc(CC)ccc1F)C1CC1. The van der Waals surface area contributed by atoms with Gasteiger partial charge in [-0.1, -0.05) is 26.3 Å². The smallest absolute Gasteiger partial charge is 0.146 e. The zero-order chi connectivity index (χ0) is 14.5. The average Bonchev–Trinajstić information content (AvgIpc) is 3.25. The standard InChI is InChI=1S/C17H23FN2/c1-3-5-14(19)11-16(13-7-8-13)20-17-10-12(4-2)6-9-15(17)18/h6,9-11,13,19-20H,3-5,7-8H2,1-2H3/b16-11-,19-14?. The Morgan fingerprint density at radius 1 is 1.40 bits per heavy atom. The quantitative estimate of drug-likeness (QED) is 0.681. The van der Waals surface area contributed by atoms with Crippen molar-refractivity contribution in [1.29, 1.82) is 5.41 Å². The van der Waals surface area contributed by atoms with Crippen LogP contribution in [0.4, 0.5) is 10.1 Å². The normalized spacial score (nSPS) is 15.2. The van der Waals surface area contributed by atoms with Crippen LogP contribution in [-0.4, -0.2) is 5.71 Å². The first-order chi connectivity index (χ1) is 9.63. The molecule has 1 aliphatic rings. The van der Waals surface area contributed by atoms with Gasteiger partial charge in [-0.25, -0.2) is 4.39 Å². The van der Waals surface area contributed by atoms with Gasteiger partial charge in [-0.3, -0.25) is 0 Å². The number of aryl methyl sites for hydroxylation is 1. The fraction of sp³-hybridized carbons (Fsp3) is 0.471. The molecule has 108 valence electrons.